The van der Waals surface area contributed by atoms with Crippen LogP contribution in [0.3, 0.4) is 0 Å². The number of hydrogen-bond donors (Lipinski definition) is 2. The summed E-state index contributed by atoms with van der Waals surface area (Å²) in [6, 6.07) is 7.04. The highest BCUT2D eigenvalue weighted by atomic mass is 16.5. The highest BCUT2D eigenvalue weighted by Crippen LogP contribution is 2.14. The number of para-hydroxylation sites is 2. The number of carbonyl (C=O) groups excluding carboxylic acids is 1. The molecule has 0 radical (unpaired) electrons. The molecule has 0 bridgehead atoms. The number of methoxy groups -OCH3 is 1. The van der Waals surface area contributed by atoms with E-state index in [1.807, 2.05) is 35.9 Å². The molecular formula is C14H19N3O3. The first-order chi connectivity index (χ1) is 9.54. The lowest BCUT2D eigenvalue weighted by Gasteiger charge is -2.18. The van der Waals surface area contributed by atoms with Gasteiger partial charge in [0.05, 0.1) is 30.8 Å². The van der Waals surface area contributed by atoms with Gasteiger partial charge in [-0.2, -0.15) is 0 Å². The summed E-state index contributed by atoms with van der Waals surface area (Å²) in [5.41, 5.74) is 1.93. The molecular weight excluding hydrogens is 258 g/mol. The highest BCUT2D eigenvalue weighted by molar-refractivity contribution is 5.77. The normalized spacial score (nSPS) is 14.2. The van der Waals surface area contributed by atoms with Crippen LogP contribution in [0, 0.1) is 0 Å². The summed E-state index contributed by atoms with van der Waals surface area (Å²) in [5.74, 6) is 0.305. The van der Waals surface area contributed by atoms with E-state index in [1.165, 1.54) is 7.11 Å². The van der Waals surface area contributed by atoms with Gasteiger partial charge in [0, 0.05) is 7.05 Å². The van der Waals surface area contributed by atoms with Crippen molar-refractivity contribution in [3.05, 3.63) is 30.1 Å². The summed E-state index contributed by atoms with van der Waals surface area (Å²) in [6.07, 6.45) is -0.836. The van der Waals surface area contributed by atoms with Crippen LogP contribution in [-0.2, 0) is 23.1 Å². The van der Waals surface area contributed by atoms with Crippen molar-refractivity contribution in [2.24, 2.45) is 7.05 Å². The van der Waals surface area contributed by atoms with Gasteiger partial charge in [-0.15, -0.1) is 0 Å². The van der Waals surface area contributed by atoms with Crippen molar-refractivity contribution in [1.82, 2.24) is 14.9 Å². The van der Waals surface area contributed by atoms with Crippen LogP contribution in [-0.4, -0.2) is 39.9 Å². The van der Waals surface area contributed by atoms with Crippen LogP contribution in [0.1, 0.15) is 12.7 Å². The number of nitrogens with one attached hydrogen (secondary N) is 1. The Morgan fingerprint density at radius 2 is 2.20 bits per heavy atom. The maximum absolute atomic E-state index is 11.6. The predicted octanol–water partition coefficient (Wildman–Crippen LogP) is 0.585. The van der Waals surface area contributed by atoms with Crippen molar-refractivity contribution in [3.8, 4) is 0 Å². The number of nitrogens with zero attached hydrogens (tertiary/aromatic N) is 2. The van der Waals surface area contributed by atoms with Crippen LogP contribution in [0.15, 0.2) is 24.3 Å². The second kappa shape index (κ2) is 6.02. The fourth-order valence-corrected chi connectivity index (χ4v) is 2.13. The highest BCUT2D eigenvalue weighted by Gasteiger charge is 2.24. The van der Waals surface area contributed by atoms with Gasteiger partial charge >= 0.3 is 5.97 Å². The quantitative estimate of drug-likeness (QED) is 0.782. The third-order valence-corrected chi connectivity index (χ3v) is 3.30. The van der Waals surface area contributed by atoms with E-state index in [-0.39, 0.29) is 0 Å². The van der Waals surface area contributed by atoms with E-state index in [1.54, 1.807) is 6.92 Å². The molecule has 0 spiro atoms. The molecule has 2 aromatic rings. The lowest BCUT2D eigenvalue weighted by Crippen LogP contribution is -2.45. The van der Waals surface area contributed by atoms with Gasteiger partial charge in [-0.1, -0.05) is 12.1 Å². The average molecular weight is 277 g/mol. The van der Waals surface area contributed by atoms with Crippen LogP contribution < -0.4 is 5.32 Å². The summed E-state index contributed by atoms with van der Waals surface area (Å²) in [5, 5.41) is 12.6. The first kappa shape index (κ1) is 14.5. The zero-order valence-corrected chi connectivity index (χ0v) is 11.8. The molecule has 2 atom stereocenters. The number of imidazole rings is 1. The molecule has 6 heteroatoms. The number of esters is 1. The number of aromatic nitrogens is 2. The first-order valence-electron chi connectivity index (χ1n) is 6.44. The van der Waals surface area contributed by atoms with Gasteiger partial charge in [-0.3, -0.25) is 10.1 Å². The predicted molar refractivity (Wildman–Crippen MR) is 75.0 cm³/mol. The maximum atomic E-state index is 11.6. The molecule has 0 aliphatic heterocycles. The van der Waals surface area contributed by atoms with Crippen LogP contribution >= 0.6 is 0 Å². The molecule has 20 heavy (non-hydrogen) atoms. The lowest BCUT2D eigenvalue weighted by atomic mass is 10.2. The van der Waals surface area contributed by atoms with Crippen molar-refractivity contribution in [2.45, 2.75) is 25.6 Å². The summed E-state index contributed by atoms with van der Waals surface area (Å²) in [4.78, 5) is 16.1. The van der Waals surface area contributed by atoms with E-state index in [0.717, 1.165) is 16.9 Å². The van der Waals surface area contributed by atoms with Crippen molar-refractivity contribution >= 4 is 17.0 Å². The summed E-state index contributed by atoms with van der Waals surface area (Å²) >= 11 is 0. The summed E-state index contributed by atoms with van der Waals surface area (Å²) in [7, 11) is 3.22. The number of aryl methyl sites for hydroxylation is 1. The van der Waals surface area contributed by atoms with Crippen LogP contribution in [0.2, 0.25) is 0 Å². The van der Waals surface area contributed by atoms with Crippen molar-refractivity contribution in [2.75, 3.05) is 7.11 Å². The molecule has 0 saturated carbocycles. The minimum absolute atomic E-state index is 0.371. The number of fused-ring (bicyclic) bond motifs is 1. The molecule has 0 fully saturated rings. The Morgan fingerprint density at radius 1 is 1.50 bits per heavy atom. The van der Waals surface area contributed by atoms with Crippen LogP contribution in [0.4, 0.5) is 0 Å². The standard InChI is InChI=1S/C14H19N3O3/c1-9(18)13(14(19)20-3)15-8-12-16-10-6-4-5-7-11(10)17(12)2/h4-7,9,13,15,18H,8H2,1-3H3/t9-,13+/m0/s1. The van der Waals surface area contributed by atoms with Gasteiger partial charge < -0.3 is 14.4 Å². The summed E-state index contributed by atoms with van der Waals surface area (Å²) < 4.78 is 6.62. The third-order valence-electron chi connectivity index (χ3n) is 3.30. The molecule has 0 saturated heterocycles. The van der Waals surface area contributed by atoms with Gasteiger partial charge in [0.1, 0.15) is 11.9 Å². The molecule has 1 aromatic heterocycles. The minimum Gasteiger partial charge on any atom is -0.468 e. The maximum Gasteiger partial charge on any atom is 0.325 e. The molecule has 0 unspecified atom stereocenters. The second-order valence-corrected chi connectivity index (χ2v) is 4.70. The average Bonchev–Trinajstić information content (AvgIpc) is 2.75. The second-order valence-electron chi connectivity index (χ2n) is 4.70. The number of rotatable bonds is 5. The van der Waals surface area contributed by atoms with E-state index in [2.05, 4.69) is 15.0 Å². The number of carbonyl (C=O) groups is 1. The van der Waals surface area contributed by atoms with Crippen LogP contribution in [0.5, 0.6) is 0 Å². The molecule has 0 aliphatic carbocycles. The van der Waals surface area contributed by atoms with E-state index >= 15 is 0 Å². The first-order valence-corrected chi connectivity index (χ1v) is 6.44. The lowest BCUT2D eigenvalue weighted by molar-refractivity contribution is -0.145. The van der Waals surface area contributed by atoms with E-state index in [9.17, 15) is 9.90 Å². The van der Waals surface area contributed by atoms with Crippen molar-refractivity contribution in [3.63, 3.8) is 0 Å². The topological polar surface area (TPSA) is 76.4 Å². The Balaban J connectivity index is 2.16. The Hall–Kier alpha value is -1.92. The van der Waals surface area contributed by atoms with E-state index in [0.29, 0.717) is 6.54 Å². The van der Waals surface area contributed by atoms with Gasteiger partial charge in [0.15, 0.2) is 0 Å². The Bertz CT molecular complexity index is 607. The molecule has 2 N–H and O–H groups in total. The van der Waals surface area contributed by atoms with E-state index < -0.39 is 18.1 Å². The summed E-state index contributed by atoms with van der Waals surface area (Å²) in [6.45, 7) is 1.92. The van der Waals surface area contributed by atoms with Gasteiger partial charge in [0.2, 0.25) is 0 Å². The zero-order valence-electron chi connectivity index (χ0n) is 11.8. The Kier molecular flexibility index (Phi) is 4.36. The number of benzene rings is 1. The zero-order chi connectivity index (χ0) is 14.7. The number of hydrogen-bond acceptors (Lipinski definition) is 5. The molecule has 1 heterocycles. The smallest absolute Gasteiger partial charge is 0.325 e. The number of aliphatic hydroxyl groups is 1. The monoisotopic (exact) mass is 277 g/mol. The molecule has 1 aromatic carbocycles. The fourth-order valence-electron chi connectivity index (χ4n) is 2.13. The Labute approximate surface area is 117 Å². The van der Waals surface area contributed by atoms with Gasteiger partial charge in [-0.25, -0.2) is 4.98 Å². The minimum atomic E-state index is -0.836. The molecule has 108 valence electrons. The molecule has 0 amide bonds. The third kappa shape index (κ3) is 2.81. The van der Waals surface area contributed by atoms with Gasteiger partial charge in [0.25, 0.3) is 0 Å². The van der Waals surface area contributed by atoms with Gasteiger partial charge in [-0.05, 0) is 19.1 Å². The van der Waals surface area contributed by atoms with E-state index in [4.69, 9.17) is 0 Å². The largest absolute Gasteiger partial charge is 0.468 e. The SMILES string of the molecule is COC(=O)[C@H](NCc1nc2ccccc2n1C)[C@H](C)O. The molecule has 2 rings (SSSR count). The Morgan fingerprint density at radius 3 is 2.80 bits per heavy atom. The fraction of sp³-hybridized carbons (Fsp3) is 0.429. The van der Waals surface area contributed by atoms with Crippen molar-refractivity contribution in [1.29, 1.82) is 0 Å². The number of aliphatic hydroxyl groups excluding tert-OH is 1. The molecule has 0 aliphatic rings. The number of ether oxygens (including phenoxy) is 1. The van der Waals surface area contributed by atoms with Crippen molar-refractivity contribution < 1.29 is 14.6 Å². The molecule has 6 nitrogen and oxygen atoms in total. The van der Waals surface area contributed by atoms with Crippen LogP contribution in [0.25, 0.3) is 11.0 Å².